The molecule has 3 N–H and O–H groups in total. The topological polar surface area (TPSA) is 63.9 Å². The molecule has 19 heavy (non-hydrogen) atoms. The summed E-state index contributed by atoms with van der Waals surface area (Å²) in [6, 6.07) is 3.05. The van der Waals surface area contributed by atoms with Crippen molar-refractivity contribution in [2.45, 2.75) is 32.1 Å². The van der Waals surface area contributed by atoms with Gasteiger partial charge in [0.05, 0.1) is 17.2 Å². The SMILES string of the molecule is Nc1n[nH]c2cc(OC=C3CCCCC3)cc(F)c12. The fraction of sp³-hybridized carbons (Fsp3) is 0.357. The lowest BCUT2D eigenvalue weighted by molar-refractivity contribution is 0.456. The first-order valence-corrected chi connectivity index (χ1v) is 6.52. The second-order valence-electron chi connectivity index (χ2n) is 4.89. The Balaban J connectivity index is 1.85. The van der Waals surface area contributed by atoms with Gasteiger partial charge in [0.2, 0.25) is 0 Å². The highest BCUT2D eigenvalue weighted by Crippen LogP contribution is 2.28. The van der Waals surface area contributed by atoms with E-state index in [4.69, 9.17) is 10.5 Å². The predicted molar refractivity (Wildman–Crippen MR) is 72.3 cm³/mol. The van der Waals surface area contributed by atoms with Crippen molar-refractivity contribution in [2.75, 3.05) is 5.73 Å². The maximum atomic E-state index is 13.9. The summed E-state index contributed by atoms with van der Waals surface area (Å²) >= 11 is 0. The van der Waals surface area contributed by atoms with Gasteiger partial charge >= 0.3 is 0 Å². The molecule has 1 aliphatic carbocycles. The molecule has 0 amide bonds. The number of nitrogens with two attached hydrogens (primary N) is 1. The lowest BCUT2D eigenvalue weighted by atomic mass is 9.96. The predicted octanol–water partition coefficient (Wildman–Crippen LogP) is 3.51. The molecule has 0 radical (unpaired) electrons. The third-order valence-electron chi connectivity index (χ3n) is 3.47. The molecule has 1 aromatic heterocycles. The Morgan fingerprint density at radius 3 is 2.84 bits per heavy atom. The Hall–Kier alpha value is -2.04. The highest BCUT2D eigenvalue weighted by atomic mass is 19.1. The number of benzene rings is 1. The highest BCUT2D eigenvalue weighted by Gasteiger charge is 2.11. The van der Waals surface area contributed by atoms with Gasteiger partial charge in [-0.15, -0.1) is 0 Å². The number of aromatic nitrogens is 2. The van der Waals surface area contributed by atoms with Crippen molar-refractivity contribution in [1.82, 2.24) is 10.2 Å². The molecule has 0 atom stereocenters. The number of halogens is 1. The minimum absolute atomic E-state index is 0.171. The van der Waals surface area contributed by atoms with E-state index in [1.165, 1.54) is 30.9 Å². The van der Waals surface area contributed by atoms with Gasteiger partial charge in [0, 0.05) is 12.1 Å². The zero-order valence-electron chi connectivity index (χ0n) is 10.6. The number of nitrogens with zero attached hydrogens (tertiary/aromatic N) is 1. The van der Waals surface area contributed by atoms with Crippen LogP contribution in [0.5, 0.6) is 5.75 Å². The summed E-state index contributed by atoms with van der Waals surface area (Å²) in [7, 11) is 0. The van der Waals surface area contributed by atoms with Gasteiger partial charge < -0.3 is 10.5 Å². The molecular formula is C14H16FN3O. The Kier molecular flexibility index (Phi) is 3.11. The van der Waals surface area contributed by atoms with Crippen LogP contribution in [0, 0.1) is 5.82 Å². The molecule has 0 unspecified atom stereocenters. The summed E-state index contributed by atoms with van der Waals surface area (Å²) < 4.78 is 19.4. The van der Waals surface area contributed by atoms with Crippen molar-refractivity contribution in [3.63, 3.8) is 0 Å². The number of rotatable bonds is 2. The summed E-state index contributed by atoms with van der Waals surface area (Å²) in [5.41, 5.74) is 7.42. The van der Waals surface area contributed by atoms with Crippen molar-refractivity contribution >= 4 is 16.7 Å². The zero-order valence-corrected chi connectivity index (χ0v) is 10.6. The number of H-pyrrole nitrogens is 1. The second-order valence-corrected chi connectivity index (χ2v) is 4.89. The first-order valence-electron chi connectivity index (χ1n) is 6.52. The number of aromatic amines is 1. The molecule has 100 valence electrons. The van der Waals surface area contributed by atoms with Crippen molar-refractivity contribution in [3.05, 3.63) is 29.8 Å². The Bertz CT molecular complexity index is 625. The van der Waals surface area contributed by atoms with Crippen LogP contribution in [0.25, 0.3) is 10.9 Å². The molecule has 0 saturated heterocycles. The van der Waals surface area contributed by atoms with Crippen LogP contribution >= 0.6 is 0 Å². The molecule has 0 spiro atoms. The average Bonchev–Trinajstić information content (AvgIpc) is 2.80. The molecule has 1 aliphatic rings. The Morgan fingerprint density at radius 2 is 2.05 bits per heavy atom. The molecular weight excluding hydrogens is 245 g/mol. The summed E-state index contributed by atoms with van der Waals surface area (Å²) in [4.78, 5) is 0. The van der Waals surface area contributed by atoms with E-state index in [0.717, 1.165) is 12.8 Å². The summed E-state index contributed by atoms with van der Waals surface area (Å²) in [5, 5.41) is 6.80. The van der Waals surface area contributed by atoms with Crippen molar-refractivity contribution in [2.24, 2.45) is 0 Å². The normalized spacial score (nSPS) is 15.7. The van der Waals surface area contributed by atoms with Crippen molar-refractivity contribution < 1.29 is 9.13 Å². The Morgan fingerprint density at radius 1 is 1.26 bits per heavy atom. The monoisotopic (exact) mass is 261 g/mol. The molecule has 1 heterocycles. The van der Waals surface area contributed by atoms with E-state index in [-0.39, 0.29) is 5.82 Å². The molecule has 1 fully saturated rings. The van der Waals surface area contributed by atoms with E-state index in [0.29, 0.717) is 16.7 Å². The third kappa shape index (κ3) is 2.41. The van der Waals surface area contributed by atoms with Crippen molar-refractivity contribution in [3.8, 4) is 5.75 Å². The first-order chi connectivity index (χ1) is 9.24. The number of anilines is 1. The standard InChI is InChI=1S/C14H16FN3O/c15-11-6-10(7-12-13(11)14(16)18-17-12)19-8-9-4-2-1-3-5-9/h6-8H,1-5H2,(H3,16,17,18). The fourth-order valence-corrected chi connectivity index (χ4v) is 2.45. The maximum absolute atomic E-state index is 13.9. The molecule has 3 rings (SSSR count). The molecule has 1 saturated carbocycles. The molecule has 1 aromatic carbocycles. The van der Waals surface area contributed by atoms with Gasteiger partial charge in [0.1, 0.15) is 11.6 Å². The summed E-state index contributed by atoms with van der Waals surface area (Å²) in [5.74, 6) is 0.220. The van der Waals surface area contributed by atoms with Gasteiger partial charge in [-0.2, -0.15) is 5.10 Å². The third-order valence-corrected chi connectivity index (χ3v) is 3.47. The van der Waals surface area contributed by atoms with E-state index >= 15 is 0 Å². The number of fused-ring (bicyclic) bond motifs is 1. The smallest absolute Gasteiger partial charge is 0.156 e. The van der Waals surface area contributed by atoms with Crippen LogP contribution < -0.4 is 10.5 Å². The van der Waals surface area contributed by atoms with Gasteiger partial charge in [0.15, 0.2) is 5.82 Å². The summed E-state index contributed by atoms with van der Waals surface area (Å²) in [6.07, 6.45) is 7.59. The lowest BCUT2D eigenvalue weighted by Crippen LogP contribution is -1.96. The molecule has 0 aliphatic heterocycles. The van der Waals surface area contributed by atoms with Gasteiger partial charge in [-0.05, 0) is 31.3 Å². The summed E-state index contributed by atoms with van der Waals surface area (Å²) in [6.45, 7) is 0. The van der Waals surface area contributed by atoms with Gasteiger partial charge in [-0.1, -0.05) is 6.42 Å². The van der Waals surface area contributed by atoms with Gasteiger partial charge in [0.25, 0.3) is 0 Å². The minimum atomic E-state index is -0.416. The van der Waals surface area contributed by atoms with E-state index in [2.05, 4.69) is 10.2 Å². The number of nitrogen functional groups attached to an aromatic ring is 1. The quantitative estimate of drug-likeness (QED) is 0.813. The van der Waals surface area contributed by atoms with Gasteiger partial charge in [-0.3, -0.25) is 5.10 Å². The number of ether oxygens (including phenoxy) is 1. The minimum Gasteiger partial charge on any atom is -0.465 e. The molecule has 2 aromatic rings. The first kappa shape index (κ1) is 12.0. The van der Waals surface area contributed by atoms with Crippen LogP contribution in [0.15, 0.2) is 24.0 Å². The van der Waals surface area contributed by atoms with E-state index in [1.807, 2.05) is 0 Å². The van der Waals surface area contributed by atoms with Crippen molar-refractivity contribution in [1.29, 1.82) is 0 Å². The van der Waals surface area contributed by atoms with Gasteiger partial charge in [-0.25, -0.2) is 4.39 Å². The fourth-order valence-electron chi connectivity index (χ4n) is 2.45. The largest absolute Gasteiger partial charge is 0.465 e. The van der Waals surface area contributed by atoms with Crippen LogP contribution in [0.1, 0.15) is 32.1 Å². The number of nitrogens with one attached hydrogen (secondary N) is 1. The average molecular weight is 261 g/mol. The number of allylic oxidation sites excluding steroid dienone is 1. The maximum Gasteiger partial charge on any atom is 0.156 e. The Labute approximate surface area is 110 Å². The van der Waals surface area contributed by atoms with Crippen LogP contribution in [0.3, 0.4) is 0 Å². The van der Waals surface area contributed by atoms with E-state index in [9.17, 15) is 4.39 Å². The van der Waals surface area contributed by atoms with Crippen LogP contribution in [-0.4, -0.2) is 10.2 Å². The molecule has 4 nitrogen and oxygen atoms in total. The molecule has 0 bridgehead atoms. The molecule has 5 heteroatoms. The zero-order chi connectivity index (χ0) is 13.2. The number of hydrogen-bond acceptors (Lipinski definition) is 3. The highest BCUT2D eigenvalue weighted by molar-refractivity contribution is 5.90. The van der Waals surface area contributed by atoms with Crippen LogP contribution in [0.2, 0.25) is 0 Å². The number of hydrogen-bond donors (Lipinski definition) is 2. The lowest BCUT2D eigenvalue weighted by Gasteiger charge is -2.13. The van der Waals surface area contributed by atoms with Crippen LogP contribution in [-0.2, 0) is 0 Å². The second kappa shape index (κ2) is 4.91. The van der Waals surface area contributed by atoms with E-state index in [1.54, 1.807) is 12.3 Å². The van der Waals surface area contributed by atoms with Crippen LogP contribution in [0.4, 0.5) is 10.2 Å². The van der Waals surface area contributed by atoms with E-state index < -0.39 is 5.82 Å².